The molecule has 0 radical (unpaired) electrons. The van der Waals surface area contributed by atoms with Crippen LogP contribution >= 0.6 is 0 Å². The Labute approximate surface area is 206 Å². The lowest BCUT2D eigenvalue weighted by Gasteiger charge is -2.22. The smallest absolute Gasteiger partial charge is 0.366 e. The average molecular weight is 496 g/mol. The van der Waals surface area contributed by atoms with E-state index < -0.39 is 24.1 Å². The summed E-state index contributed by atoms with van der Waals surface area (Å²) in [6.07, 6.45) is 1.88. The van der Waals surface area contributed by atoms with Crippen LogP contribution in [-0.4, -0.2) is 42.6 Å². The molecule has 36 heavy (non-hydrogen) atoms. The van der Waals surface area contributed by atoms with E-state index in [1.807, 2.05) is 0 Å². The fourth-order valence-electron chi connectivity index (χ4n) is 4.54. The van der Waals surface area contributed by atoms with Crippen molar-refractivity contribution in [2.24, 2.45) is 0 Å². The number of hydrogen-bond donors (Lipinski definition) is 2. The molecule has 2 aliphatic rings. The maximum absolute atomic E-state index is 13.1. The number of aromatic nitrogens is 5. The largest absolute Gasteiger partial charge is 0.416 e. The molecule has 1 saturated carbocycles. The van der Waals surface area contributed by atoms with Crippen molar-refractivity contribution in [3.8, 4) is 0 Å². The van der Waals surface area contributed by atoms with Gasteiger partial charge in [-0.3, -0.25) is 14.7 Å². The first kappa shape index (κ1) is 20.0. The Morgan fingerprint density at radius 1 is 1.06 bits per heavy atom. The number of carbonyl (C=O) groups excluding carboxylic acids is 1. The molecular formula is C24H21F3N8O. The summed E-state index contributed by atoms with van der Waals surface area (Å²) < 4.78 is 57.5. The third-order valence-electron chi connectivity index (χ3n) is 6.26. The van der Waals surface area contributed by atoms with Crippen molar-refractivity contribution in [1.29, 1.82) is 0 Å². The zero-order chi connectivity index (χ0) is 26.7. The molecule has 0 unspecified atom stereocenters. The van der Waals surface area contributed by atoms with Gasteiger partial charge >= 0.3 is 6.18 Å². The van der Waals surface area contributed by atoms with E-state index in [9.17, 15) is 18.0 Å². The molecule has 4 aromatic rings. The molecule has 0 saturated heterocycles. The highest BCUT2D eigenvalue weighted by Crippen LogP contribution is 2.34. The van der Waals surface area contributed by atoms with Crippen molar-refractivity contribution >= 4 is 29.0 Å². The number of carbonyl (C=O) groups is 1. The van der Waals surface area contributed by atoms with Crippen LogP contribution in [0.2, 0.25) is 0 Å². The summed E-state index contributed by atoms with van der Waals surface area (Å²) in [5.41, 5.74) is -0.125. The monoisotopic (exact) mass is 496 g/mol. The van der Waals surface area contributed by atoms with Crippen molar-refractivity contribution in [1.82, 2.24) is 24.6 Å². The fourth-order valence-corrected chi connectivity index (χ4v) is 4.54. The molecule has 9 nitrogen and oxygen atoms in total. The molecule has 2 atom stereocenters. The van der Waals surface area contributed by atoms with Crippen LogP contribution in [0.15, 0.2) is 55.0 Å². The summed E-state index contributed by atoms with van der Waals surface area (Å²) >= 11 is 0. The number of halogens is 3. The van der Waals surface area contributed by atoms with Gasteiger partial charge in [0.25, 0.3) is 5.91 Å². The maximum Gasteiger partial charge on any atom is 0.416 e. The van der Waals surface area contributed by atoms with E-state index in [1.54, 1.807) is 30.5 Å². The quantitative estimate of drug-likeness (QED) is 0.428. The number of nitrogens with one attached hydrogen (secondary N) is 2. The van der Waals surface area contributed by atoms with Crippen LogP contribution in [0, 0.1) is 0 Å². The van der Waals surface area contributed by atoms with Crippen molar-refractivity contribution in [2.45, 2.75) is 44.0 Å². The van der Waals surface area contributed by atoms with Gasteiger partial charge in [0.2, 0.25) is 5.95 Å². The van der Waals surface area contributed by atoms with Crippen LogP contribution in [0.3, 0.4) is 0 Å². The summed E-state index contributed by atoms with van der Waals surface area (Å²) in [5, 5.41) is 10.7. The number of amides is 1. The summed E-state index contributed by atoms with van der Waals surface area (Å²) in [6.45, 7) is -2.15. The van der Waals surface area contributed by atoms with E-state index in [4.69, 9.17) is 2.74 Å². The third-order valence-corrected chi connectivity index (χ3v) is 6.26. The number of alkyl halides is 3. The highest BCUT2D eigenvalue weighted by molar-refractivity contribution is 6.10. The molecule has 12 heteroatoms. The van der Waals surface area contributed by atoms with Crippen LogP contribution < -0.4 is 15.5 Å². The van der Waals surface area contributed by atoms with Crippen LogP contribution in [0.1, 0.15) is 43.6 Å². The Bertz CT molecular complexity index is 1540. The van der Waals surface area contributed by atoms with Gasteiger partial charge in [0.05, 0.1) is 31.7 Å². The number of pyridine rings is 3. The number of hydrogen-bond acceptors (Lipinski definition) is 7. The number of nitrogens with zero attached hydrogens (tertiary/aromatic N) is 6. The SMILES string of the molecule is [2H]C1([2H])c2ncccc2C(=O)N1c1cccnc1N[C@H]1CC[C@H](Nc2nc3cc(C(F)(F)F)ccn3n2)C1. The first-order valence-electron chi connectivity index (χ1n) is 12.3. The van der Waals surface area contributed by atoms with Crippen molar-refractivity contribution in [2.75, 3.05) is 15.5 Å². The number of rotatable bonds is 5. The number of anilines is 3. The molecular weight excluding hydrogens is 473 g/mol. The van der Waals surface area contributed by atoms with Gasteiger partial charge in [0.15, 0.2) is 5.65 Å². The van der Waals surface area contributed by atoms with Crippen molar-refractivity contribution in [3.63, 3.8) is 0 Å². The summed E-state index contributed by atoms with van der Waals surface area (Å²) in [6, 6.07) is 8.22. The molecule has 4 aromatic heterocycles. The van der Waals surface area contributed by atoms with E-state index in [0.717, 1.165) is 29.9 Å². The molecule has 1 amide bonds. The predicted molar refractivity (Wildman–Crippen MR) is 126 cm³/mol. The van der Waals surface area contributed by atoms with Gasteiger partial charge in [-0.25, -0.2) is 9.50 Å². The molecule has 184 valence electrons. The van der Waals surface area contributed by atoms with Crippen molar-refractivity contribution in [3.05, 3.63) is 71.8 Å². The van der Waals surface area contributed by atoms with E-state index >= 15 is 0 Å². The minimum atomic E-state index is -4.46. The van der Waals surface area contributed by atoms with Gasteiger partial charge in [-0.05, 0) is 55.7 Å². The molecule has 2 N–H and O–H groups in total. The first-order chi connectivity index (χ1) is 18.1. The van der Waals surface area contributed by atoms with Gasteiger partial charge in [-0.15, -0.1) is 5.10 Å². The highest BCUT2D eigenvalue weighted by Gasteiger charge is 2.33. The molecule has 5 heterocycles. The predicted octanol–water partition coefficient (Wildman–Crippen LogP) is 4.14. The van der Waals surface area contributed by atoms with E-state index in [1.165, 1.54) is 16.9 Å². The van der Waals surface area contributed by atoms with Crippen LogP contribution in [0.4, 0.5) is 30.6 Å². The molecule has 6 rings (SSSR count). The second-order valence-corrected chi connectivity index (χ2v) is 8.67. The zero-order valence-corrected chi connectivity index (χ0v) is 18.7. The zero-order valence-electron chi connectivity index (χ0n) is 20.7. The van der Waals surface area contributed by atoms with Crippen LogP contribution in [0.25, 0.3) is 5.65 Å². The minimum Gasteiger partial charge on any atom is -0.366 e. The second-order valence-electron chi connectivity index (χ2n) is 8.67. The minimum absolute atomic E-state index is 0.0486. The molecule has 1 aliphatic carbocycles. The van der Waals surface area contributed by atoms with Gasteiger partial charge < -0.3 is 10.6 Å². The van der Waals surface area contributed by atoms with Gasteiger partial charge in [0, 0.05) is 30.7 Å². The standard InChI is InChI=1S/C24H21F3N8O/c25-24(26,27)14-7-10-35-20(11-14)32-23(33-35)31-16-6-5-15(12-16)30-21-19(4-2-9-29-21)34-13-18-17(22(34)36)3-1-8-28-18/h1-4,7-11,15-16H,5-6,12-13H2,(H,29,30)(H,31,33)/t15-,16-/m0/s1/i13D2. The summed E-state index contributed by atoms with van der Waals surface area (Å²) in [4.78, 5) is 26.8. The number of fused-ring (bicyclic) bond motifs is 2. The lowest BCUT2D eigenvalue weighted by atomic mass is 10.2. The molecule has 0 spiro atoms. The Morgan fingerprint density at radius 3 is 2.64 bits per heavy atom. The van der Waals surface area contributed by atoms with Crippen LogP contribution in [-0.2, 0) is 12.7 Å². The fraction of sp³-hybridized carbons (Fsp3) is 0.292. The lowest BCUT2D eigenvalue weighted by molar-refractivity contribution is -0.137. The van der Waals surface area contributed by atoms with Gasteiger partial charge in [-0.2, -0.15) is 18.2 Å². The third kappa shape index (κ3) is 4.08. The average Bonchev–Trinajstić information content (AvgIpc) is 3.54. The molecule has 0 bridgehead atoms. The van der Waals surface area contributed by atoms with E-state index in [-0.39, 0.29) is 34.9 Å². The normalized spacial score (nSPS) is 21.9. The summed E-state index contributed by atoms with van der Waals surface area (Å²) in [7, 11) is 0. The first-order valence-corrected chi connectivity index (χ1v) is 11.3. The Balaban J connectivity index is 1.17. The molecule has 0 aromatic carbocycles. The Kier molecular flexibility index (Phi) is 4.71. The highest BCUT2D eigenvalue weighted by atomic mass is 19.4. The topological polar surface area (TPSA) is 100 Å². The van der Waals surface area contributed by atoms with Crippen LogP contribution in [0.5, 0.6) is 0 Å². The second kappa shape index (κ2) is 8.47. The molecule has 1 fully saturated rings. The van der Waals surface area contributed by atoms with E-state index in [2.05, 4.69) is 30.7 Å². The maximum atomic E-state index is 13.1. The Morgan fingerprint density at radius 2 is 1.83 bits per heavy atom. The van der Waals surface area contributed by atoms with Gasteiger partial charge in [0.1, 0.15) is 5.82 Å². The van der Waals surface area contributed by atoms with E-state index in [0.29, 0.717) is 17.9 Å². The summed E-state index contributed by atoms with van der Waals surface area (Å²) in [5.74, 6) is 0.107. The van der Waals surface area contributed by atoms with Crippen molar-refractivity contribution < 1.29 is 20.7 Å². The van der Waals surface area contributed by atoms with Gasteiger partial charge in [-0.1, -0.05) is 0 Å². The Hall–Kier alpha value is -4.22. The lowest BCUT2D eigenvalue weighted by Crippen LogP contribution is -2.27. The molecule has 1 aliphatic heterocycles.